The molecule has 4 heteroatoms. The highest BCUT2D eigenvalue weighted by Gasteiger charge is 2.16. The number of methoxy groups -OCH3 is 2. The average molecular weight is 405 g/mol. The molecule has 0 unspecified atom stereocenters. The van der Waals surface area contributed by atoms with Gasteiger partial charge in [-0.15, -0.1) is 0 Å². The van der Waals surface area contributed by atoms with Crippen molar-refractivity contribution in [2.75, 3.05) is 14.2 Å². The second-order valence-electron chi connectivity index (χ2n) is 7.38. The van der Waals surface area contributed by atoms with Gasteiger partial charge in [-0.05, 0) is 76.2 Å². The van der Waals surface area contributed by atoms with Crippen LogP contribution in [-0.4, -0.2) is 26.2 Å². The van der Waals surface area contributed by atoms with Crippen molar-refractivity contribution in [1.82, 2.24) is 0 Å². The lowest BCUT2D eigenvalue weighted by atomic mass is 9.86. The molecule has 0 spiro atoms. The zero-order valence-corrected chi connectivity index (χ0v) is 18.1. The van der Waals surface area contributed by atoms with Crippen molar-refractivity contribution in [1.29, 1.82) is 0 Å². The molecule has 0 saturated carbocycles. The molecule has 0 fully saturated rings. The van der Waals surface area contributed by atoms with Crippen LogP contribution in [0.1, 0.15) is 58.5 Å². The highest BCUT2D eigenvalue weighted by molar-refractivity contribution is 5.99. The minimum absolute atomic E-state index is 0.320. The largest absolute Gasteiger partial charge is 0.465 e. The molecule has 156 valence electrons. The average Bonchev–Trinajstić information content (AvgIpc) is 2.79. The molecule has 0 aromatic heterocycles. The molecular weight excluding hydrogens is 376 g/mol. The van der Waals surface area contributed by atoms with Crippen molar-refractivity contribution in [3.63, 3.8) is 0 Å². The van der Waals surface area contributed by atoms with Crippen molar-refractivity contribution in [2.24, 2.45) is 0 Å². The number of hydrogen-bond acceptors (Lipinski definition) is 4. The standard InChI is InChI=1S/C26H28O4/c1-5-7-21-22(8-6-2)24-16-20(26(28)30-4)14-13-19(24)15-23(21)17-9-11-18(12-10-17)25(27)29-3/h9-16H,5-8H2,1-4H3. The van der Waals surface area contributed by atoms with Gasteiger partial charge in [0.1, 0.15) is 0 Å². The first-order chi connectivity index (χ1) is 14.5. The van der Waals surface area contributed by atoms with Crippen LogP contribution in [0.3, 0.4) is 0 Å². The normalized spacial score (nSPS) is 10.8. The first-order valence-electron chi connectivity index (χ1n) is 10.4. The van der Waals surface area contributed by atoms with Crippen molar-refractivity contribution in [3.8, 4) is 11.1 Å². The van der Waals surface area contributed by atoms with Gasteiger partial charge in [-0.1, -0.05) is 44.9 Å². The third-order valence-corrected chi connectivity index (χ3v) is 5.41. The van der Waals surface area contributed by atoms with E-state index in [1.165, 1.54) is 30.9 Å². The molecule has 0 radical (unpaired) electrons. The van der Waals surface area contributed by atoms with E-state index in [0.29, 0.717) is 11.1 Å². The van der Waals surface area contributed by atoms with Gasteiger partial charge >= 0.3 is 11.9 Å². The van der Waals surface area contributed by atoms with Gasteiger partial charge in [0.2, 0.25) is 0 Å². The maximum absolute atomic E-state index is 12.1. The molecular formula is C26H28O4. The second-order valence-corrected chi connectivity index (χ2v) is 7.38. The van der Waals surface area contributed by atoms with Gasteiger partial charge in [0.15, 0.2) is 0 Å². The fourth-order valence-electron chi connectivity index (χ4n) is 3.99. The summed E-state index contributed by atoms with van der Waals surface area (Å²) in [6, 6.07) is 15.5. The van der Waals surface area contributed by atoms with Crippen LogP contribution in [0, 0.1) is 0 Å². The lowest BCUT2D eigenvalue weighted by Crippen LogP contribution is -2.04. The third-order valence-electron chi connectivity index (χ3n) is 5.41. The molecule has 0 aliphatic rings. The Labute approximate surface area is 177 Å². The Morgan fingerprint density at radius 2 is 1.30 bits per heavy atom. The van der Waals surface area contributed by atoms with Crippen LogP contribution in [0.2, 0.25) is 0 Å². The van der Waals surface area contributed by atoms with Crippen molar-refractivity contribution >= 4 is 22.7 Å². The fraction of sp³-hybridized carbons (Fsp3) is 0.308. The number of carbonyl (C=O) groups excluding carboxylic acids is 2. The van der Waals surface area contributed by atoms with Gasteiger partial charge < -0.3 is 9.47 Å². The molecule has 0 amide bonds. The fourth-order valence-corrected chi connectivity index (χ4v) is 3.99. The first-order valence-corrected chi connectivity index (χ1v) is 10.4. The summed E-state index contributed by atoms with van der Waals surface area (Å²) in [5.41, 5.74) is 5.95. The van der Waals surface area contributed by atoms with Crippen molar-refractivity contribution in [3.05, 3.63) is 70.8 Å². The zero-order valence-electron chi connectivity index (χ0n) is 18.1. The zero-order chi connectivity index (χ0) is 21.7. The van der Waals surface area contributed by atoms with E-state index in [2.05, 4.69) is 19.9 Å². The van der Waals surface area contributed by atoms with E-state index in [0.717, 1.165) is 42.0 Å². The first kappa shape index (κ1) is 21.6. The van der Waals surface area contributed by atoms with Crippen molar-refractivity contribution in [2.45, 2.75) is 39.5 Å². The monoisotopic (exact) mass is 404 g/mol. The molecule has 30 heavy (non-hydrogen) atoms. The Morgan fingerprint density at radius 3 is 1.90 bits per heavy atom. The number of benzene rings is 3. The Bertz CT molecular complexity index is 1060. The number of carbonyl (C=O) groups is 2. The van der Waals surface area contributed by atoms with Gasteiger partial charge in [0.25, 0.3) is 0 Å². The molecule has 0 N–H and O–H groups in total. The molecule has 0 bridgehead atoms. The molecule has 3 rings (SSSR count). The number of esters is 2. The lowest BCUT2D eigenvalue weighted by molar-refractivity contribution is 0.0592. The van der Waals surface area contributed by atoms with E-state index in [4.69, 9.17) is 9.47 Å². The van der Waals surface area contributed by atoms with E-state index < -0.39 is 0 Å². The highest BCUT2D eigenvalue weighted by atomic mass is 16.5. The van der Waals surface area contributed by atoms with Gasteiger partial charge in [-0.2, -0.15) is 0 Å². The number of rotatable bonds is 7. The summed E-state index contributed by atoms with van der Waals surface area (Å²) in [5.74, 6) is -0.658. The number of fused-ring (bicyclic) bond motifs is 1. The van der Waals surface area contributed by atoms with Crippen LogP contribution >= 0.6 is 0 Å². The SMILES string of the molecule is CCCc1c(-c2ccc(C(=O)OC)cc2)cc2ccc(C(=O)OC)cc2c1CCC. The summed E-state index contributed by atoms with van der Waals surface area (Å²) in [6.07, 6.45) is 3.91. The molecule has 0 atom stereocenters. The summed E-state index contributed by atoms with van der Waals surface area (Å²) in [5, 5.41) is 2.20. The van der Waals surface area contributed by atoms with Crippen LogP contribution < -0.4 is 0 Å². The molecule has 0 heterocycles. The number of aryl methyl sites for hydroxylation is 1. The van der Waals surface area contributed by atoms with E-state index in [9.17, 15) is 9.59 Å². The third kappa shape index (κ3) is 4.23. The van der Waals surface area contributed by atoms with Crippen molar-refractivity contribution < 1.29 is 19.1 Å². The molecule has 0 aliphatic heterocycles. The maximum atomic E-state index is 12.1. The number of ether oxygens (including phenoxy) is 2. The Morgan fingerprint density at radius 1 is 0.733 bits per heavy atom. The summed E-state index contributed by atoms with van der Waals surface area (Å²) in [7, 11) is 2.79. The number of hydrogen-bond donors (Lipinski definition) is 0. The summed E-state index contributed by atoms with van der Waals surface area (Å²) >= 11 is 0. The van der Waals surface area contributed by atoms with Crippen LogP contribution in [0.5, 0.6) is 0 Å². The summed E-state index contributed by atoms with van der Waals surface area (Å²) in [6.45, 7) is 4.35. The molecule has 0 saturated heterocycles. The molecule has 3 aromatic rings. The Kier molecular flexibility index (Phi) is 6.88. The minimum atomic E-state index is -0.337. The molecule has 3 aromatic carbocycles. The minimum Gasteiger partial charge on any atom is -0.465 e. The Hall–Kier alpha value is -3.14. The predicted molar refractivity (Wildman–Crippen MR) is 120 cm³/mol. The highest BCUT2D eigenvalue weighted by Crippen LogP contribution is 2.35. The van der Waals surface area contributed by atoms with Gasteiger partial charge in [0, 0.05) is 0 Å². The van der Waals surface area contributed by atoms with Gasteiger partial charge in [-0.3, -0.25) is 0 Å². The van der Waals surface area contributed by atoms with E-state index >= 15 is 0 Å². The van der Waals surface area contributed by atoms with E-state index in [-0.39, 0.29) is 11.9 Å². The summed E-state index contributed by atoms with van der Waals surface area (Å²) in [4.78, 5) is 23.9. The Balaban J connectivity index is 2.24. The predicted octanol–water partition coefficient (Wildman–Crippen LogP) is 5.99. The lowest BCUT2D eigenvalue weighted by Gasteiger charge is -2.19. The van der Waals surface area contributed by atoms with Gasteiger partial charge in [0.05, 0.1) is 25.3 Å². The maximum Gasteiger partial charge on any atom is 0.337 e. The second kappa shape index (κ2) is 9.57. The molecule has 0 aliphatic carbocycles. The van der Waals surface area contributed by atoms with E-state index in [1.807, 2.05) is 30.3 Å². The van der Waals surface area contributed by atoms with Crippen LogP contribution in [0.25, 0.3) is 21.9 Å². The molecule has 4 nitrogen and oxygen atoms in total. The quantitative estimate of drug-likeness (QED) is 0.454. The smallest absolute Gasteiger partial charge is 0.337 e. The van der Waals surface area contributed by atoms with Gasteiger partial charge in [-0.25, -0.2) is 9.59 Å². The van der Waals surface area contributed by atoms with Crippen LogP contribution in [-0.2, 0) is 22.3 Å². The summed E-state index contributed by atoms with van der Waals surface area (Å²) < 4.78 is 9.73. The van der Waals surface area contributed by atoms with E-state index in [1.54, 1.807) is 12.1 Å². The topological polar surface area (TPSA) is 52.6 Å². The van der Waals surface area contributed by atoms with Crippen LogP contribution in [0.15, 0.2) is 48.5 Å². The van der Waals surface area contributed by atoms with Crippen LogP contribution in [0.4, 0.5) is 0 Å².